The third-order valence-electron chi connectivity index (χ3n) is 15.6. The zero-order valence-corrected chi connectivity index (χ0v) is 32.9. The Bertz CT molecular complexity index is 3310. The SMILES string of the molecule is c1ccc2c3c(ccc2c1)C1(c2ccc(-c4c5ccccc5c(-c5ccc(-c6cccc7oc8ccccc8c67)cc5)c5ccccc45)cc2-3)C2CC3CC(C2)CC1C3. The van der Waals surface area contributed by atoms with E-state index in [1.54, 1.807) is 11.1 Å². The molecule has 1 heterocycles. The summed E-state index contributed by atoms with van der Waals surface area (Å²) in [5.41, 5.74) is 15.8. The molecule has 0 amide bonds. The number of rotatable bonds is 3. The van der Waals surface area contributed by atoms with Crippen LogP contribution in [0.15, 0.2) is 174 Å². The summed E-state index contributed by atoms with van der Waals surface area (Å²) in [6.45, 7) is 0. The lowest BCUT2D eigenvalue weighted by Gasteiger charge is -2.61. The van der Waals surface area contributed by atoms with Crippen molar-refractivity contribution in [2.24, 2.45) is 23.7 Å². The van der Waals surface area contributed by atoms with Gasteiger partial charge in [0.25, 0.3) is 0 Å². The molecule has 0 atom stereocenters. The molecule has 0 N–H and O–H groups in total. The van der Waals surface area contributed by atoms with Gasteiger partial charge in [-0.2, -0.15) is 0 Å². The molecule has 4 bridgehead atoms. The Kier molecular flexibility index (Phi) is 6.52. The van der Waals surface area contributed by atoms with E-state index < -0.39 is 0 Å². The fourth-order valence-electron chi connectivity index (χ4n) is 13.7. The summed E-state index contributed by atoms with van der Waals surface area (Å²) in [5, 5.41) is 10.3. The van der Waals surface area contributed by atoms with Gasteiger partial charge in [0.2, 0.25) is 0 Å². The minimum absolute atomic E-state index is 0.136. The minimum atomic E-state index is 0.136. The average molecular weight is 755 g/mol. The van der Waals surface area contributed by atoms with E-state index in [9.17, 15) is 0 Å². The first-order chi connectivity index (χ1) is 29.2. The summed E-state index contributed by atoms with van der Waals surface area (Å²) in [5.74, 6) is 3.33. The molecular formula is C58H42O. The van der Waals surface area contributed by atoms with E-state index in [0.717, 1.165) is 40.2 Å². The first-order valence-electron chi connectivity index (χ1n) is 21.8. The average Bonchev–Trinajstić information content (AvgIpc) is 3.81. The number of benzene rings is 9. The van der Waals surface area contributed by atoms with Crippen molar-refractivity contribution in [2.45, 2.75) is 37.5 Å². The summed E-state index contributed by atoms with van der Waals surface area (Å²) < 4.78 is 6.26. The van der Waals surface area contributed by atoms with Gasteiger partial charge in [-0.15, -0.1) is 0 Å². The second kappa shape index (κ2) is 11.8. The van der Waals surface area contributed by atoms with E-state index >= 15 is 0 Å². The van der Waals surface area contributed by atoms with Crippen molar-refractivity contribution in [3.8, 4) is 44.5 Å². The zero-order chi connectivity index (χ0) is 38.4. The highest BCUT2D eigenvalue weighted by Gasteiger charge is 2.61. The van der Waals surface area contributed by atoms with Gasteiger partial charge in [0.15, 0.2) is 0 Å². The second-order valence-corrected chi connectivity index (χ2v) is 18.3. The van der Waals surface area contributed by atoms with E-state index in [0.29, 0.717) is 0 Å². The van der Waals surface area contributed by atoms with Gasteiger partial charge < -0.3 is 4.42 Å². The first-order valence-corrected chi connectivity index (χ1v) is 21.8. The summed E-state index contributed by atoms with van der Waals surface area (Å²) >= 11 is 0. The topological polar surface area (TPSA) is 13.1 Å². The lowest BCUT2D eigenvalue weighted by molar-refractivity contribution is -0.0399. The normalized spacial score (nSPS) is 22.6. The Labute approximate surface area is 343 Å². The van der Waals surface area contributed by atoms with Crippen LogP contribution in [0, 0.1) is 23.7 Å². The van der Waals surface area contributed by atoms with Crippen LogP contribution in [0.3, 0.4) is 0 Å². The maximum absolute atomic E-state index is 6.26. The molecule has 0 unspecified atom stereocenters. The van der Waals surface area contributed by atoms with E-state index in [1.165, 1.54) is 114 Å². The summed E-state index contributed by atoms with van der Waals surface area (Å²) in [6, 6.07) is 64.2. The van der Waals surface area contributed by atoms with E-state index in [2.05, 4.69) is 164 Å². The van der Waals surface area contributed by atoms with Crippen molar-refractivity contribution in [3.63, 3.8) is 0 Å². The third-order valence-corrected chi connectivity index (χ3v) is 15.6. The van der Waals surface area contributed by atoms with Gasteiger partial charge in [-0.1, -0.05) is 152 Å². The fourth-order valence-corrected chi connectivity index (χ4v) is 13.7. The summed E-state index contributed by atoms with van der Waals surface area (Å²) in [6.07, 6.45) is 7.06. The van der Waals surface area contributed by atoms with Crippen LogP contribution in [-0.2, 0) is 5.41 Å². The van der Waals surface area contributed by atoms with Gasteiger partial charge in [-0.05, 0) is 162 Å². The smallest absolute Gasteiger partial charge is 0.136 e. The van der Waals surface area contributed by atoms with Crippen molar-refractivity contribution in [1.29, 1.82) is 0 Å². The van der Waals surface area contributed by atoms with Crippen LogP contribution < -0.4 is 0 Å². The van der Waals surface area contributed by atoms with Crippen molar-refractivity contribution in [1.82, 2.24) is 0 Å². The van der Waals surface area contributed by atoms with Gasteiger partial charge in [0.1, 0.15) is 11.2 Å². The van der Waals surface area contributed by atoms with Crippen LogP contribution in [0.25, 0.3) is 98.8 Å². The molecule has 4 fully saturated rings. The number of fused-ring (bicyclic) bond motifs is 10. The Morgan fingerprint density at radius 3 is 1.61 bits per heavy atom. The molecule has 59 heavy (non-hydrogen) atoms. The second-order valence-electron chi connectivity index (χ2n) is 18.3. The van der Waals surface area contributed by atoms with Crippen molar-refractivity contribution < 1.29 is 4.42 Å². The van der Waals surface area contributed by atoms with Gasteiger partial charge in [-0.25, -0.2) is 0 Å². The lowest BCUT2D eigenvalue weighted by Crippen LogP contribution is -2.55. The molecule has 4 saturated carbocycles. The van der Waals surface area contributed by atoms with Crippen LogP contribution in [0.5, 0.6) is 0 Å². The van der Waals surface area contributed by atoms with E-state index in [1.807, 2.05) is 6.07 Å². The van der Waals surface area contributed by atoms with Gasteiger partial charge in [0.05, 0.1) is 0 Å². The number of hydrogen-bond donors (Lipinski definition) is 0. The molecule has 0 saturated heterocycles. The molecular weight excluding hydrogens is 713 g/mol. The van der Waals surface area contributed by atoms with Crippen LogP contribution in [0.1, 0.15) is 43.2 Å². The number of furan rings is 1. The summed E-state index contributed by atoms with van der Waals surface area (Å²) in [4.78, 5) is 0. The Morgan fingerprint density at radius 2 is 0.915 bits per heavy atom. The molecule has 0 aliphatic heterocycles. The highest BCUT2D eigenvalue weighted by atomic mass is 16.3. The molecule has 15 rings (SSSR count). The van der Waals surface area contributed by atoms with Crippen molar-refractivity contribution in [3.05, 3.63) is 181 Å². The minimum Gasteiger partial charge on any atom is -0.456 e. The van der Waals surface area contributed by atoms with Gasteiger partial charge >= 0.3 is 0 Å². The first kappa shape index (κ1) is 32.5. The van der Waals surface area contributed by atoms with Crippen LogP contribution in [0.2, 0.25) is 0 Å². The van der Waals surface area contributed by atoms with E-state index in [4.69, 9.17) is 4.42 Å². The molecule has 9 aromatic carbocycles. The van der Waals surface area contributed by atoms with Crippen LogP contribution >= 0.6 is 0 Å². The van der Waals surface area contributed by atoms with Crippen molar-refractivity contribution >= 4 is 54.3 Å². The maximum Gasteiger partial charge on any atom is 0.136 e. The predicted molar refractivity (Wildman–Crippen MR) is 246 cm³/mol. The molecule has 1 aromatic heterocycles. The molecule has 1 nitrogen and oxygen atoms in total. The molecule has 1 heteroatoms. The lowest BCUT2D eigenvalue weighted by atomic mass is 9.43. The number of hydrogen-bond acceptors (Lipinski definition) is 1. The number of para-hydroxylation sites is 1. The molecule has 280 valence electrons. The van der Waals surface area contributed by atoms with Crippen LogP contribution in [0.4, 0.5) is 0 Å². The molecule has 1 spiro atoms. The standard InChI is InChI=1S/C58H42O/c1-2-11-42-36(10-1)24-27-51-56(42)49-33-39(25-26-50(49)58(51)40-29-34-28-35(31-40)32-41(58)30-34)55-46-14-5-3-12-44(46)54(45-13-4-6-15-47(45)55)38-22-20-37(21-23-38)43-17-9-19-53-57(43)48-16-7-8-18-52(48)59-53/h1-27,33-35,40-41H,28-32H2. The Hall–Kier alpha value is -6.44. The molecule has 10 aromatic rings. The van der Waals surface area contributed by atoms with Crippen molar-refractivity contribution in [2.75, 3.05) is 0 Å². The molecule has 5 aliphatic carbocycles. The maximum atomic E-state index is 6.26. The monoisotopic (exact) mass is 754 g/mol. The zero-order valence-electron chi connectivity index (χ0n) is 32.9. The third kappa shape index (κ3) is 4.30. The van der Waals surface area contributed by atoms with E-state index in [-0.39, 0.29) is 5.41 Å². The summed E-state index contributed by atoms with van der Waals surface area (Å²) in [7, 11) is 0. The highest BCUT2D eigenvalue weighted by Crippen LogP contribution is 2.70. The molecule has 0 radical (unpaired) electrons. The largest absolute Gasteiger partial charge is 0.456 e. The fraction of sp³-hybridized carbons (Fsp3) is 0.172. The Balaban J connectivity index is 0.969. The quantitative estimate of drug-likeness (QED) is 0.164. The Morgan fingerprint density at radius 1 is 0.373 bits per heavy atom. The highest BCUT2D eigenvalue weighted by molar-refractivity contribution is 6.22. The molecule has 5 aliphatic rings. The predicted octanol–water partition coefficient (Wildman–Crippen LogP) is 15.8. The van der Waals surface area contributed by atoms with Crippen LogP contribution in [-0.4, -0.2) is 0 Å². The van der Waals surface area contributed by atoms with Gasteiger partial charge in [-0.3, -0.25) is 0 Å². The van der Waals surface area contributed by atoms with Gasteiger partial charge in [0, 0.05) is 16.2 Å².